The third-order valence-corrected chi connectivity index (χ3v) is 5.56. The zero-order valence-corrected chi connectivity index (χ0v) is 12.2. The first kappa shape index (κ1) is 15.6. The fourth-order valence-corrected chi connectivity index (χ4v) is 4.08. The third-order valence-electron chi connectivity index (χ3n) is 3.53. The lowest BCUT2D eigenvalue weighted by molar-refractivity contribution is -0.138. The van der Waals surface area contributed by atoms with E-state index < -0.39 is 16.2 Å². The Labute approximate surface area is 119 Å². The van der Waals surface area contributed by atoms with Crippen LogP contribution >= 0.6 is 0 Å². The Morgan fingerprint density at radius 3 is 2.30 bits per heavy atom. The maximum absolute atomic E-state index is 12.5. The molecule has 2 saturated heterocycles. The molecule has 116 valence electrons. The second-order valence-corrected chi connectivity index (χ2v) is 6.87. The van der Waals surface area contributed by atoms with Crippen LogP contribution in [0.15, 0.2) is 0 Å². The second kappa shape index (κ2) is 6.81. The molecule has 0 unspecified atom stereocenters. The summed E-state index contributed by atoms with van der Waals surface area (Å²) in [5.74, 6) is -0.880. The Morgan fingerprint density at radius 2 is 1.65 bits per heavy atom. The molecule has 20 heavy (non-hydrogen) atoms. The Kier molecular flexibility index (Phi) is 5.33. The van der Waals surface area contributed by atoms with Crippen LogP contribution in [0.3, 0.4) is 0 Å². The molecule has 0 atom stereocenters. The highest BCUT2D eigenvalue weighted by atomic mass is 32.2. The summed E-state index contributed by atoms with van der Waals surface area (Å²) in [5, 5.41) is 8.79. The highest BCUT2D eigenvalue weighted by Crippen LogP contribution is 2.14. The van der Waals surface area contributed by atoms with Crippen molar-refractivity contribution in [3.8, 4) is 0 Å². The van der Waals surface area contributed by atoms with E-state index in [0.29, 0.717) is 58.9 Å². The standard InChI is InChI=1S/C11H21N3O5S/c15-11(16)10-12-2-1-3-13(5-4-12)20(17,18)14-6-8-19-9-7-14/h1-10H2,(H,15,16). The van der Waals surface area contributed by atoms with Gasteiger partial charge in [0.2, 0.25) is 0 Å². The van der Waals surface area contributed by atoms with E-state index in [1.807, 2.05) is 0 Å². The summed E-state index contributed by atoms with van der Waals surface area (Å²) in [6.07, 6.45) is 0.650. The van der Waals surface area contributed by atoms with Gasteiger partial charge in [-0.25, -0.2) is 0 Å². The molecular weight excluding hydrogens is 286 g/mol. The summed E-state index contributed by atoms with van der Waals surface area (Å²) in [7, 11) is -3.45. The van der Waals surface area contributed by atoms with E-state index in [1.165, 1.54) is 8.61 Å². The van der Waals surface area contributed by atoms with Gasteiger partial charge in [-0.3, -0.25) is 9.69 Å². The summed E-state index contributed by atoms with van der Waals surface area (Å²) in [4.78, 5) is 12.5. The maximum atomic E-state index is 12.5. The van der Waals surface area contributed by atoms with Gasteiger partial charge in [0.15, 0.2) is 0 Å². The van der Waals surface area contributed by atoms with E-state index >= 15 is 0 Å². The van der Waals surface area contributed by atoms with E-state index in [-0.39, 0.29) is 6.54 Å². The van der Waals surface area contributed by atoms with E-state index in [2.05, 4.69) is 0 Å². The van der Waals surface area contributed by atoms with E-state index in [1.54, 1.807) is 4.90 Å². The van der Waals surface area contributed by atoms with Crippen LogP contribution in [0, 0.1) is 0 Å². The minimum absolute atomic E-state index is 0.0363. The number of ether oxygens (including phenoxy) is 1. The zero-order chi connectivity index (χ0) is 14.6. The molecule has 0 spiro atoms. The SMILES string of the molecule is O=C(O)CN1CCCN(S(=O)(=O)N2CCOCC2)CC1. The molecule has 2 aliphatic heterocycles. The highest BCUT2D eigenvalue weighted by molar-refractivity contribution is 7.86. The first-order valence-electron chi connectivity index (χ1n) is 6.77. The van der Waals surface area contributed by atoms with Crippen molar-refractivity contribution >= 4 is 16.2 Å². The maximum Gasteiger partial charge on any atom is 0.317 e. The van der Waals surface area contributed by atoms with Gasteiger partial charge in [-0.05, 0) is 6.42 Å². The molecule has 0 radical (unpaired) electrons. The van der Waals surface area contributed by atoms with Crippen molar-refractivity contribution in [2.75, 3.05) is 59.0 Å². The number of nitrogens with zero attached hydrogens (tertiary/aromatic N) is 3. The van der Waals surface area contributed by atoms with E-state index in [9.17, 15) is 13.2 Å². The first-order chi connectivity index (χ1) is 9.50. The van der Waals surface area contributed by atoms with Gasteiger partial charge in [-0.1, -0.05) is 0 Å². The van der Waals surface area contributed by atoms with Gasteiger partial charge in [-0.15, -0.1) is 0 Å². The molecule has 2 rings (SSSR count). The lowest BCUT2D eigenvalue weighted by Gasteiger charge is -2.31. The normalized spacial score (nSPS) is 24.4. The lowest BCUT2D eigenvalue weighted by Crippen LogP contribution is -2.49. The number of carboxylic acids is 1. The Balaban J connectivity index is 1.96. The predicted octanol–water partition coefficient (Wildman–Crippen LogP) is -1.34. The Bertz CT molecular complexity index is 435. The van der Waals surface area contributed by atoms with Crippen LogP contribution < -0.4 is 0 Å². The van der Waals surface area contributed by atoms with Gasteiger partial charge in [0.05, 0.1) is 19.8 Å². The molecule has 0 aromatic heterocycles. The number of carboxylic acid groups (broad SMARTS) is 1. The van der Waals surface area contributed by atoms with Gasteiger partial charge < -0.3 is 9.84 Å². The van der Waals surface area contributed by atoms with Crippen LogP contribution in [0.4, 0.5) is 0 Å². The molecule has 0 aromatic rings. The summed E-state index contributed by atoms with van der Waals surface area (Å²) < 4.78 is 33.0. The molecule has 0 bridgehead atoms. The molecule has 0 aliphatic carbocycles. The fraction of sp³-hybridized carbons (Fsp3) is 0.909. The van der Waals surface area contributed by atoms with Crippen LogP contribution in [0.1, 0.15) is 6.42 Å². The van der Waals surface area contributed by atoms with Crippen molar-refractivity contribution in [2.45, 2.75) is 6.42 Å². The van der Waals surface area contributed by atoms with Crippen molar-refractivity contribution in [3.05, 3.63) is 0 Å². The highest BCUT2D eigenvalue weighted by Gasteiger charge is 2.32. The smallest absolute Gasteiger partial charge is 0.317 e. The molecule has 9 heteroatoms. The molecule has 8 nitrogen and oxygen atoms in total. The molecule has 2 heterocycles. The summed E-state index contributed by atoms with van der Waals surface area (Å²) in [5.41, 5.74) is 0. The number of aliphatic carboxylic acids is 1. The molecule has 2 aliphatic rings. The van der Waals surface area contributed by atoms with Crippen LogP contribution in [-0.2, 0) is 19.7 Å². The quantitative estimate of drug-likeness (QED) is 0.691. The first-order valence-corrected chi connectivity index (χ1v) is 8.17. The third kappa shape index (κ3) is 3.89. The van der Waals surface area contributed by atoms with Gasteiger partial charge in [0, 0.05) is 39.3 Å². The average Bonchev–Trinajstić information content (AvgIpc) is 2.65. The molecule has 0 amide bonds. The predicted molar refractivity (Wildman–Crippen MR) is 71.6 cm³/mol. The fourth-order valence-electron chi connectivity index (χ4n) is 2.47. The van der Waals surface area contributed by atoms with E-state index in [0.717, 1.165) is 0 Å². The summed E-state index contributed by atoms with van der Waals surface area (Å²) in [6.45, 7) is 3.44. The number of carbonyl (C=O) groups is 1. The van der Waals surface area contributed by atoms with E-state index in [4.69, 9.17) is 9.84 Å². The van der Waals surface area contributed by atoms with Crippen LogP contribution in [0.5, 0.6) is 0 Å². The topological polar surface area (TPSA) is 90.4 Å². The van der Waals surface area contributed by atoms with Crippen LogP contribution in [0.2, 0.25) is 0 Å². The molecule has 0 aromatic carbocycles. The molecular formula is C11H21N3O5S. The summed E-state index contributed by atoms with van der Waals surface area (Å²) >= 11 is 0. The monoisotopic (exact) mass is 307 g/mol. The van der Waals surface area contributed by atoms with Gasteiger partial charge in [0.25, 0.3) is 10.2 Å². The van der Waals surface area contributed by atoms with Crippen molar-refractivity contribution in [1.82, 2.24) is 13.5 Å². The number of hydrogen-bond acceptors (Lipinski definition) is 5. The van der Waals surface area contributed by atoms with Crippen molar-refractivity contribution < 1.29 is 23.1 Å². The van der Waals surface area contributed by atoms with Gasteiger partial charge >= 0.3 is 5.97 Å². The second-order valence-electron chi connectivity index (χ2n) is 4.94. The molecule has 0 saturated carbocycles. The van der Waals surface area contributed by atoms with Crippen LogP contribution in [-0.4, -0.2) is 92.0 Å². The van der Waals surface area contributed by atoms with Crippen molar-refractivity contribution in [1.29, 1.82) is 0 Å². The van der Waals surface area contributed by atoms with Crippen LogP contribution in [0.25, 0.3) is 0 Å². The molecule has 2 fully saturated rings. The molecule has 1 N–H and O–H groups in total. The summed E-state index contributed by atoms with van der Waals surface area (Å²) in [6, 6.07) is 0. The average molecular weight is 307 g/mol. The zero-order valence-electron chi connectivity index (χ0n) is 11.4. The number of hydrogen-bond donors (Lipinski definition) is 1. The largest absolute Gasteiger partial charge is 0.480 e. The Hall–Kier alpha value is -0.740. The Morgan fingerprint density at radius 1 is 1.00 bits per heavy atom. The lowest BCUT2D eigenvalue weighted by atomic mass is 10.4. The number of morpholine rings is 1. The van der Waals surface area contributed by atoms with Gasteiger partial charge in [0.1, 0.15) is 0 Å². The minimum atomic E-state index is -3.45. The van der Waals surface area contributed by atoms with Crippen molar-refractivity contribution in [2.24, 2.45) is 0 Å². The minimum Gasteiger partial charge on any atom is -0.480 e. The van der Waals surface area contributed by atoms with Gasteiger partial charge in [-0.2, -0.15) is 17.0 Å². The number of rotatable bonds is 4. The van der Waals surface area contributed by atoms with Crippen molar-refractivity contribution in [3.63, 3.8) is 0 Å².